The Labute approximate surface area is 99.5 Å². The van der Waals surface area contributed by atoms with Crippen molar-refractivity contribution in [2.75, 3.05) is 0 Å². The molecule has 16 heavy (non-hydrogen) atoms. The lowest BCUT2D eigenvalue weighted by Gasteiger charge is -2.02. The number of benzene rings is 1. The largest absolute Gasteiger partial charge is 0.287 e. The van der Waals surface area contributed by atoms with Crippen LogP contribution >= 0.6 is 15.9 Å². The molecule has 1 aromatic heterocycles. The second-order valence-electron chi connectivity index (χ2n) is 3.04. The fourth-order valence-electron chi connectivity index (χ4n) is 1.24. The summed E-state index contributed by atoms with van der Waals surface area (Å²) in [5.74, 6) is -1.06. The minimum absolute atomic E-state index is 0.0186. The van der Waals surface area contributed by atoms with Crippen molar-refractivity contribution in [2.45, 2.75) is 0 Å². The standard InChI is InChI=1S/C11H6BrFN2O/c12-8-4-1-3-7(10(8)13)11(16)9-5-2-6-14-15-9/h1-6H. The molecule has 0 saturated heterocycles. The minimum Gasteiger partial charge on any atom is -0.287 e. The SMILES string of the molecule is O=C(c1cccnn1)c1cccc(Br)c1F. The number of hydrogen-bond acceptors (Lipinski definition) is 3. The molecular weight excluding hydrogens is 275 g/mol. The number of carbonyl (C=O) groups excluding carboxylic acids is 1. The second-order valence-corrected chi connectivity index (χ2v) is 3.89. The van der Waals surface area contributed by atoms with Crippen LogP contribution < -0.4 is 0 Å². The first-order valence-electron chi connectivity index (χ1n) is 4.46. The van der Waals surface area contributed by atoms with Gasteiger partial charge in [0.25, 0.3) is 0 Å². The van der Waals surface area contributed by atoms with Crippen molar-refractivity contribution >= 4 is 21.7 Å². The van der Waals surface area contributed by atoms with Crippen LogP contribution in [0.25, 0.3) is 0 Å². The highest BCUT2D eigenvalue weighted by Gasteiger charge is 2.16. The van der Waals surface area contributed by atoms with Crippen LogP contribution in [0.15, 0.2) is 41.0 Å². The number of rotatable bonds is 2. The zero-order chi connectivity index (χ0) is 11.5. The second kappa shape index (κ2) is 4.49. The van der Waals surface area contributed by atoms with Gasteiger partial charge in [0.1, 0.15) is 11.5 Å². The third kappa shape index (κ3) is 1.99. The minimum atomic E-state index is -0.585. The Bertz CT molecular complexity index is 531. The van der Waals surface area contributed by atoms with Gasteiger partial charge in [-0.2, -0.15) is 5.10 Å². The molecule has 0 amide bonds. The van der Waals surface area contributed by atoms with E-state index in [0.29, 0.717) is 0 Å². The van der Waals surface area contributed by atoms with Crippen LogP contribution in [0.4, 0.5) is 4.39 Å². The molecule has 1 aromatic carbocycles. The first kappa shape index (κ1) is 10.9. The van der Waals surface area contributed by atoms with Crippen LogP contribution in [0.5, 0.6) is 0 Å². The van der Waals surface area contributed by atoms with Gasteiger partial charge >= 0.3 is 0 Å². The predicted molar refractivity (Wildman–Crippen MR) is 59.6 cm³/mol. The maximum Gasteiger partial charge on any atom is 0.216 e. The van der Waals surface area contributed by atoms with Crippen molar-refractivity contribution in [1.29, 1.82) is 0 Å². The number of aromatic nitrogens is 2. The van der Waals surface area contributed by atoms with E-state index in [-0.39, 0.29) is 15.7 Å². The van der Waals surface area contributed by atoms with E-state index in [1.54, 1.807) is 12.1 Å². The van der Waals surface area contributed by atoms with Crippen molar-refractivity contribution in [2.24, 2.45) is 0 Å². The molecule has 0 saturated carbocycles. The molecule has 0 aliphatic rings. The van der Waals surface area contributed by atoms with E-state index in [1.807, 2.05) is 0 Å². The molecule has 5 heteroatoms. The van der Waals surface area contributed by atoms with Crippen LogP contribution in [-0.4, -0.2) is 16.0 Å². The summed E-state index contributed by atoms with van der Waals surface area (Å²) in [4.78, 5) is 11.9. The van der Waals surface area contributed by atoms with Crippen molar-refractivity contribution < 1.29 is 9.18 Å². The molecule has 0 atom stereocenters. The van der Waals surface area contributed by atoms with Gasteiger partial charge in [-0.05, 0) is 40.2 Å². The van der Waals surface area contributed by atoms with Gasteiger partial charge in [0.15, 0.2) is 0 Å². The van der Waals surface area contributed by atoms with E-state index in [4.69, 9.17) is 0 Å². The number of nitrogens with zero attached hydrogens (tertiary/aromatic N) is 2. The smallest absolute Gasteiger partial charge is 0.216 e. The van der Waals surface area contributed by atoms with Gasteiger partial charge in [0.05, 0.1) is 10.0 Å². The fraction of sp³-hybridized carbons (Fsp3) is 0. The molecule has 0 spiro atoms. The van der Waals surface area contributed by atoms with E-state index in [1.165, 1.54) is 24.4 Å². The molecule has 2 rings (SSSR count). The molecule has 1 heterocycles. The van der Waals surface area contributed by atoms with Crippen molar-refractivity contribution in [1.82, 2.24) is 10.2 Å². The molecule has 0 N–H and O–H groups in total. The summed E-state index contributed by atoms with van der Waals surface area (Å²) in [6, 6.07) is 7.61. The monoisotopic (exact) mass is 280 g/mol. The van der Waals surface area contributed by atoms with Crippen LogP contribution in [0.2, 0.25) is 0 Å². The Balaban J connectivity index is 2.46. The average Bonchev–Trinajstić information content (AvgIpc) is 2.33. The van der Waals surface area contributed by atoms with E-state index in [9.17, 15) is 9.18 Å². The van der Waals surface area contributed by atoms with Gasteiger partial charge in [0, 0.05) is 6.20 Å². The quantitative estimate of drug-likeness (QED) is 0.795. The zero-order valence-corrected chi connectivity index (χ0v) is 9.61. The Morgan fingerprint density at radius 3 is 2.75 bits per heavy atom. The average molecular weight is 281 g/mol. The summed E-state index contributed by atoms with van der Waals surface area (Å²) in [6.45, 7) is 0. The lowest BCUT2D eigenvalue weighted by Crippen LogP contribution is -2.07. The molecule has 0 bridgehead atoms. The maximum atomic E-state index is 13.6. The Morgan fingerprint density at radius 2 is 2.06 bits per heavy atom. The normalized spacial score (nSPS) is 10.1. The molecule has 3 nitrogen and oxygen atoms in total. The summed E-state index contributed by atoms with van der Waals surface area (Å²) in [6.07, 6.45) is 1.45. The molecule has 80 valence electrons. The summed E-state index contributed by atoms with van der Waals surface area (Å²) < 4.78 is 13.9. The fourth-order valence-corrected chi connectivity index (χ4v) is 1.61. The number of halogens is 2. The summed E-state index contributed by atoms with van der Waals surface area (Å²) in [5, 5.41) is 7.22. The number of ketones is 1. The Kier molecular flexibility index (Phi) is 3.05. The third-order valence-electron chi connectivity index (χ3n) is 2.00. The topological polar surface area (TPSA) is 42.9 Å². The van der Waals surface area contributed by atoms with Crippen LogP contribution in [0, 0.1) is 5.82 Å². The first-order chi connectivity index (χ1) is 7.70. The van der Waals surface area contributed by atoms with Gasteiger partial charge in [-0.15, -0.1) is 5.10 Å². The highest BCUT2D eigenvalue weighted by Crippen LogP contribution is 2.20. The molecule has 0 aliphatic carbocycles. The van der Waals surface area contributed by atoms with Crippen molar-refractivity contribution in [3.8, 4) is 0 Å². The highest BCUT2D eigenvalue weighted by atomic mass is 79.9. The number of carbonyl (C=O) groups is 1. The molecule has 0 unspecified atom stereocenters. The van der Waals surface area contributed by atoms with Gasteiger partial charge in [0.2, 0.25) is 5.78 Å². The summed E-state index contributed by atoms with van der Waals surface area (Å²) in [7, 11) is 0. The summed E-state index contributed by atoms with van der Waals surface area (Å²) in [5.41, 5.74) is 0.106. The van der Waals surface area contributed by atoms with E-state index in [0.717, 1.165) is 0 Å². The van der Waals surface area contributed by atoms with E-state index >= 15 is 0 Å². The van der Waals surface area contributed by atoms with Crippen LogP contribution in [-0.2, 0) is 0 Å². The van der Waals surface area contributed by atoms with Gasteiger partial charge in [-0.25, -0.2) is 4.39 Å². The van der Waals surface area contributed by atoms with Crippen LogP contribution in [0.1, 0.15) is 16.1 Å². The third-order valence-corrected chi connectivity index (χ3v) is 2.61. The lowest BCUT2D eigenvalue weighted by molar-refractivity contribution is 0.102. The highest BCUT2D eigenvalue weighted by molar-refractivity contribution is 9.10. The maximum absolute atomic E-state index is 13.6. The lowest BCUT2D eigenvalue weighted by atomic mass is 10.1. The van der Waals surface area contributed by atoms with Crippen molar-refractivity contribution in [3.05, 3.63) is 58.1 Å². The van der Waals surface area contributed by atoms with Gasteiger partial charge < -0.3 is 0 Å². The molecule has 0 aliphatic heterocycles. The molecule has 0 radical (unpaired) electrons. The molecule has 2 aromatic rings. The summed E-state index contributed by atoms with van der Waals surface area (Å²) >= 11 is 3.02. The van der Waals surface area contributed by atoms with Crippen LogP contribution in [0.3, 0.4) is 0 Å². The Morgan fingerprint density at radius 1 is 1.25 bits per heavy atom. The Hall–Kier alpha value is -1.62. The zero-order valence-electron chi connectivity index (χ0n) is 8.02. The molecular formula is C11H6BrFN2O. The van der Waals surface area contributed by atoms with Crippen molar-refractivity contribution in [3.63, 3.8) is 0 Å². The van der Waals surface area contributed by atoms with Gasteiger partial charge in [-0.1, -0.05) is 6.07 Å². The van der Waals surface area contributed by atoms with Gasteiger partial charge in [-0.3, -0.25) is 4.79 Å². The number of hydrogen-bond donors (Lipinski definition) is 0. The molecule has 0 fully saturated rings. The van der Waals surface area contributed by atoms with E-state index in [2.05, 4.69) is 26.1 Å². The van der Waals surface area contributed by atoms with E-state index < -0.39 is 11.6 Å². The predicted octanol–water partition coefficient (Wildman–Crippen LogP) is 2.61. The first-order valence-corrected chi connectivity index (χ1v) is 5.26.